The molecule has 0 amide bonds. The minimum absolute atomic E-state index is 0. The SMILES string of the molecule is Cl.N.[CH2][PH](CCCCCCCC)(CCCCCCCC)CCCCCCCC. The van der Waals surface area contributed by atoms with Crippen molar-refractivity contribution in [3.05, 3.63) is 6.66 Å². The van der Waals surface area contributed by atoms with Crippen LogP contribution in [0.2, 0.25) is 0 Å². The van der Waals surface area contributed by atoms with E-state index in [1.807, 2.05) is 0 Å². The van der Waals surface area contributed by atoms with Crippen LogP contribution >= 0.6 is 19.7 Å². The van der Waals surface area contributed by atoms with Crippen LogP contribution in [0.4, 0.5) is 0 Å². The summed E-state index contributed by atoms with van der Waals surface area (Å²) < 4.78 is 0. The average molecular weight is 439 g/mol. The Hall–Kier alpha value is 0.680. The van der Waals surface area contributed by atoms with Gasteiger partial charge in [-0.1, -0.05) is 0 Å². The monoisotopic (exact) mass is 438 g/mol. The van der Waals surface area contributed by atoms with Gasteiger partial charge in [0.2, 0.25) is 0 Å². The van der Waals surface area contributed by atoms with E-state index in [4.69, 9.17) is 6.66 Å². The Labute approximate surface area is 187 Å². The molecular weight excluding hydrogens is 381 g/mol. The minimum atomic E-state index is -1.20. The van der Waals surface area contributed by atoms with Crippen LogP contribution in [0.15, 0.2) is 0 Å². The van der Waals surface area contributed by atoms with E-state index in [-0.39, 0.29) is 18.6 Å². The van der Waals surface area contributed by atoms with Gasteiger partial charge >= 0.3 is 169 Å². The molecule has 28 heavy (non-hydrogen) atoms. The molecule has 0 aromatic carbocycles. The molecule has 0 aromatic rings. The first-order chi connectivity index (χ1) is 12.7. The van der Waals surface area contributed by atoms with Crippen molar-refractivity contribution < 1.29 is 0 Å². The molecule has 1 radical (unpaired) electrons. The van der Waals surface area contributed by atoms with E-state index in [0.717, 1.165) is 0 Å². The third-order valence-corrected chi connectivity index (χ3v) is 10.4. The predicted octanol–water partition coefficient (Wildman–Crippen LogP) is 10.2. The summed E-state index contributed by atoms with van der Waals surface area (Å²) in [6.07, 6.45) is 30.5. The average Bonchev–Trinajstić information content (AvgIpc) is 2.64. The van der Waals surface area contributed by atoms with E-state index in [0.29, 0.717) is 0 Å². The molecule has 0 spiro atoms. The summed E-state index contributed by atoms with van der Waals surface area (Å²) in [5.41, 5.74) is 0. The summed E-state index contributed by atoms with van der Waals surface area (Å²) in [5.74, 6) is 0. The molecule has 0 saturated carbocycles. The molecular formula is C25H58ClNP. The molecule has 0 unspecified atom stereocenters. The van der Waals surface area contributed by atoms with Gasteiger partial charge < -0.3 is 6.15 Å². The topological polar surface area (TPSA) is 35.0 Å². The van der Waals surface area contributed by atoms with Gasteiger partial charge in [-0.15, -0.1) is 12.4 Å². The van der Waals surface area contributed by atoms with Gasteiger partial charge in [0.05, 0.1) is 0 Å². The van der Waals surface area contributed by atoms with E-state index < -0.39 is 7.26 Å². The van der Waals surface area contributed by atoms with Crippen molar-refractivity contribution in [3.63, 3.8) is 0 Å². The van der Waals surface area contributed by atoms with Crippen LogP contribution in [0.3, 0.4) is 0 Å². The zero-order valence-electron chi connectivity index (χ0n) is 20.2. The Balaban J connectivity index is -0.00000312. The summed E-state index contributed by atoms with van der Waals surface area (Å²) in [6, 6.07) is 0. The molecule has 0 saturated heterocycles. The fourth-order valence-electron chi connectivity index (χ4n) is 4.22. The van der Waals surface area contributed by atoms with Crippen molar-refractivity contribution in [1.82, 2.24) is 6.15 Å². The first-order valence-corrected chi connectivity index (χ1v) is 15.4. The molecule has 0 fully saturated rings. The third kappa shape index (κ3) is 23.0. The van der Waals surface area contributed by atoms with E-state index >= 15 is 0 Å². The molecule has 0 atom stereocenters. The van der Waals surface area contributed by atoms with Crippen LogP contribution in [0.25, 0.3) is 0 Å². The van der Waals surface area contributed by atoms with Gasteiger partial charge in [-0.25, -0.2) is 0 Å². The molecule has 0 aliphatic carbocycles. The van der Waals surface area contributed by atoms with Crippen LogP contribution in [0.1, 0.15) is 136 Å². The normalized spacial score (nSPS) is 11.7. The molecule has 0 rings (SSSR count). The maximum absolute atomic E-state index is 4.91. The molecule has 3 heteroatoms. The van der Waals surface area contributed by atoms with Gasteiger partial charge in [-0.2, -0.15) is 0 Å². The quantitative estimate of drug-likeness (QED) is 0.140. The maximum atomic E-state index is 4.91. The van der Waals surface area contributed by atoms with E-state index in [1.165, 1.54) is 134 Å². The Kier molecular flexibility index (Phi) is 30.6. The zero-order chi connectivity index (χ0) is 19.3. The van der Waals surface area contributed by atoms with Crippen molar-refractivity contribution in [1.29, 1.82) is 0 Å². The van der Waals surface area contributed by atoms with Crippen molar-refractivity contribution >= 4 is 19.7 Å². The Morgan fingerprint density at radius 3 is 0.893 bits per heavy atom. The Morgan fingerprint density at radius 1 is 0.429 bits per heavy atom. The van der Waals surface area contributed by atoms with Crippen molar-refractivity contribution in [2.45, 2.75) is 136 Å². The van der Waals surface area contributed by atoms with Gasteiger partial charge in [-0.3, -0.25) is 0 Å². The second-order valence-corrected chi connectivity index (χ2v) is 13.6. The number of rotatable bonds is 21. The van der Waals surface area contributed by atoms with Crippen LogP contribution in [-0.4, -0.2) is 18.5 Å². The van der Waals surface area contributed by atoms with Crippen LogP contribution in [-0.2, 0) is 0 Å². The third-order valence-electron chi connectivity index (χ3n) is 6.18. The van der Waals surface area contributed by atoms with Gasteiger partial charge in [0, 0.05) is 0 Å². The fourth-order valence-corrected chi connectivity index (χ4v) is 7.97. The van der Waals surface area contributed by atoms with Crippen LogP contribution < -0.4 is 6.15 Å². The zero-order valence-corrected chi connectivity index (χ0v) is 22.0. The molecule has 0 aliphatic heterocycles. The number of halogens is 1. The summed E-state index contributed by atoms with van der Waals surface area (Å²) in [4.78, 5) is 0. The molecule has 0 aliphatic rings. The van der Waals surface area contributed by atoms with Gasteiger partial charge in [0.15, 0.2) is 0 Å². The Bertz CT molecular complexity index is 232. The second-order valence-electron chi connectivity index (χ2n) is 9.05. The molecule has 175 valence electrons. The van der Waals surface area contributed by atoms with E-state index in [1.54, 1.807) is 0 Å². The van der Waals surface area contributed by atoms with E-state index in [9.17, 15) is 0 Å². The Morgan fingerprint density at radius 2 is 0.643 bits per heavy atom. The molecule has 0 bridgehead atoms. The van der Waals surface area contributed by atoms with Gasteiger partial charge in [-0.05, 0) is 0 Å². The second kappa shape index (κ2) is 25.7. The standard InChI is InChI=1S/C25H54P.ClH.H3N/c1-5-8-11-14-17-20-23-26(4,24-21-18-15-12-9-6-2)25-22-19-16-13-10-7-3;;/h26H,4-25H2,1-3H3;1H;1H3. The fraction of sp³-hybridized carbons (Fsp3) is 0.960. The molecule has 1 nitrogen and oxygen atoms in total. The number of hydrogen-bond acceptors (Lipinski definition) is 1. The predicted molar refractivity (Wildman–Crippen MR) is 141 cm³/mol. The molecule has 3 N–H and O–H groups in total. The van der Waals surface area contributed by atoms with Crippen molar-refractivity contribution in [2.24, 2.45) is 0 Å². The number of unbranched alkanes of at least 4 members (excludes halogenated alkanes) is 15. The number of hydrogen-bond donors (Lipinski definition) is 1. The molecule has 0 aromatic heterocycles. The summed E-state index contributed by atoms with van der Waals surface area (Å²) in [5, 5.41) is 0. The van der Waals surface area contributed by atoms with Gasteiger partial charge in [0.1, 0.15) is 0 Å². The van der Waals surface area contributed by atoms with Crippen molar-refractivity contribution in [2.75, 3.05) is 18.5 Å². The van der Waals surface area contributed by atoms with E-state index in [2.05, 4.69) is 20.8 Å². The summed E-state index contributed by atoms with van der Waals surface area (Å²) in [6.45, 7) is 11.9. The van der Waals surface area contributed by atoms with Crippen LogP contribution in [0, 0.1) is 6.66 Å². The van der Waals surface area contributed by atoms with Crippen LogP contribution in [0.5, 0.6) is 0 Å². The van der Waals surface area contributed by atoms with Crippen molar-refractivity contribution in [3.8, 4) is 0 Å². The summed E-state index contributed by atoms with van der Waals surface area (Å²) in [7, 11) is -1.20. The first kappa shape index (κ1) is 33.3. The molecule has 0 heterocycles. The summed E-state index contributed by atoms with van der Waals surface area (Å²) >= 11 is 0. The first-order valence-electron chi connectivity index (χ1n) is 12.5. The van der Waals surface area contributed by atoms with Gasteiger partial charge in [0.25, 0.3) is 0 Å².